The van der Waals surface area contributed by atoms with Gasteiger partial charge in [0, 0.05) is 6.54 Å². The minimum atomic E-state index is 0.0437. The quantitative estimate of drug-likeness (QED) is 0.840. The zero-order valence-corrected chi connectivity index (χ0v) is 12.6. The van der Waals surface area contributed by atoms with Gasteiger partial charge in [0.15, 0.2) is 0 Å². The minimum Gasteiger partial charge on any atom is -0.397 e. The molecule has 0 radical (unpaired) electrons. The van der Waals surface area contributed by atoms with E-state index in [1.165, 1.54) is 32.1 Å². The first-order valence-corrected chi connectivity index (χ1v) is 8.09. The molecule has 1 saturated carbocycles. The van der Waals surface area contributed by atoms with Crippen molar-refractivity contribution in [2.45, 2.75) is 32.1 Å². The first-order chi connectivity index (χ1) is 10.2. The van der Waals surface area contributed by atoms with Crippen LogP contribution in [0, 0.1) is 11.8 Å². The van der Waals surface area contributed by atoms with E-state index in [1.54, 1.807) is 0 Å². The minimum absolute atomic E-state index is 0.0437. The monoisotopic (exact) mass is 287 g/mol. The Morgan fingerprint density at radius 2 is 1.95 bits per heavy atom. The third-order valence-electron chi connectivity index (χ3n) is 4.98. The Bertz CT molecular complexity index is 503. The fraction of sp³-hybridized carbons (Fsp3) is 0.588. The van der Waals surface area contributed by atoms with Gasteiger partial charge in [-0.15, -0.1) is 0 Å². The molecule has 2 fully saturated rings. The van der Waals surface area contributed by atoms with Crippen LogP contribution in [-0.4, -0.2) is 30.4 Å². The topological polar surface area (TPSA) is 58.4 Å². The lowest BCUT2D eigenvalue weighted by Gasteiger charge is -2.41. The van der Waals surface area contributed by atoms with E-state index in [0.29, 0.717) is 12.2 Å². The van der Waals surface area contributed by atoms with Crippen molar-refractivity contribution in [3.8, 4) is 0 Å². The SMILES string of the molecule is Nc1ccccc1NC(=O)CN1CCC2CCCCC2C1. The van der Waals surface area contributed by atoms with Crippen molar-refractivity contribution in [3.05, 3.63) is 24.3 Å². The van der Waals surface area contributed by atoms with Gasteiger partial charge in [0.05, 0.1) is 17.9 Å². The van der Waals surface area contributed by atoms with E-state index >= 15 is 0 Å². The highest BCUT2D eigenvalue weighted by atomic mass is 16.2. The smallest absolute Gasteiger partial charge is 0.238 e. The maximum absolute atomic E-state index is 12.2. The van der Waals surface area contributed by atoms with Crippen LogP contribution in [0.15, 0.2) is 24.3 Å². The van der Waals surface area contributed by atoms with E-state index < -0.39 is 0 Å². The zero-order chi connectivity index (χ0) is 14.7. The number of carbonyl (C=O) groups is 1. The predicted octanol–water partition coefficient (Wildman–Crippen LogP) is 2.72. The van der Waals surface area contributed by atoms with Crippen molar-refractivity contribution >= 4 is 17.3 Å². The molecule has 0 spiro atoms. The maximum Gasteiger partial charge on any atom is 0.238 e. The first kappa shape index (κ1) is 14.4. The summed E-state index contributed by atoms with van der Waals surface area (Å²) in [6.45, 7) is 2.62. The lowest BCUT2D eigenvalue weighted by molar-refractivity contribution is -0.118. The van der Waals surface area contributed by atoms with Crippen LogP contribution in [0.5, 0.6) is 0 Å². The molecule has 0 aromatic heterocycles. The molecule has 1 aliphatic carbocycles. The van der Waals surface area contributed by atoms with E-state index in [1.807, 2.05) is 24.3 Å². The number of hydrogen-bond acceptors (Lipinski definition) is 3. The zero-order valence-electron chi connectivity index (χ0n) is 12.6. The van der Waals surface area contributed by atoms with Gasteiger partial charge in [0.1, 0.15) is 0 Å². The summed E-state index contributed by atoms with van der Waals surface area (Å²) in [5.41, 5.74) is 7.20. The molecule has 2 aliphatic rings. The summed E-state index contributed by atoms with van der Waals surface area (Å²) in [5, 5.41) is 2.92. The van der Waals surface area contributed by atoms with Crippen molar-refractivity contribution in [1.29, 1.82) is 0 Å². The largest absolute Gasteiger partial charge is 0.397 e. The lowest BCUT2D eigenvalue weighted by atomic mass is 9.75. The highest BCUT2D eigenvalue weighted by molar-refractivity contribution is 5.95. The number of fused-ring (bicyclic) bond motifs is 1. The fourth-order valence-corrected chi connectivity index (χ4v) is 3.82. The van der Waals surface area contributed by atoms with Crippen molar-refractivity contribution < 1.29 is 4.79 Å². The second-order valence-electron chi connectivity index (χ2n) is 6.46. The number of likely N-dealkylation sites (tertiary alicyclic amines) is 1. The molecule has 2 unspecified atom stereocenters. The molecule has 1 saturated heterocycles. The van der Waals surface area contributed by atoms with Crippen molar-refractivity contribution in [3.63, 3.8) is 0 Å². The standard InChI is InChI=1S/C17H25N3O/c18-15-7-3-4-8-16(15)19-17(21)12-20-10-9-13-5-1-2-6-14(13)11-20/h3-4,7-8,13-14H,1-2,5-6,9-12,18H2,(H,19,21). The molecule has 1 aliphatic heterocycles. The second kappa shape index (κ2) is 6.48. The molecular formula is C17H25N3O. The van der Waals surface area contributed by atoms with Gasteiger partial charge in [0.2, 0.25) is 5.91 Å². The summed E-state index contributed by atoms with van der Waals surface area (Å²) >= 11 is 0. The number of rotatable bonds is 3. The molecule has 114 valence electrons. The van der Waals surface area contributed by atoms with Crippen LogP contribution in [0.25, 0.3) is 0 Å². The Morgan fingerprint density at radius 1 is 1.19 bits per heavy atom. The highest BCUT2D eigenvalue weighted by Crippen LogP contribution is 2.35. The third kappa shape index (κ3) is 3.56. The maximum atomic E-state index is 12.2. The summed E-state index contributed by atoms with van der Waals surface area (Å²) in [4.78, 5) is 14.5. The predicted molar refractivity (Wildman–Crippen MR) is 86.0 cm³/mol. The number of nitrogens with one attached hydrogen (secondary N) is 1. The Labute approximate surface area is 126 Å². The van der Waals surface area contributed by atoms with Gasteiger partial charge in [-0.05, 0) is 43.4 Å². The van der Waals surface area contributed by atoms with Crippen LogP contribution < -0.4 is 11.1 Å². The van der Waals surface area contributed by atoms with Gasteiger partial charge >= 0.3 is 0 Å². The van der Waals surface area contributed by atoms with E-state index in [0.717, 1.165) is 30.6 Å². The number of anilines is 2. The Hall–Kier alpha value is -1.55. The molecule has 1 heterocycles. The molecule has 4 nitrogen and oxygen atoms in total. The fourth-order valence-electron chi connectivity index (χ4n) is 3.82. The first-order valence-electron chi connectivity index (χ1n) is 8.09. The molecule has 1 aromatic rings. The molecule has 21 heavy (non-hydrogen) atoms. The lowest BCUT2D eigenvalue weighted by Crippen LogP contribution is -2.44. The Morgan fingerprint density at radius 3 is 2.76 bits per heavy atom. The summed E-state index contributed by atoms with van der Waals surface area (Å²) in [5.74, 6) is 1.76. The van der Waals surface area contributed by atoms with Gasteiger partial charge in [-0.2, -0.15) is 0 Å². The molecule has 4 heteroatoms. The molecule has 2 atom stereocenters. The Kier molecular flexibility index (Phi) is 4.44. The summed E-state index contributed by atoms with van der Waals surface area (Å²) in [6, 6.07) is 7.42. The van der Waals surface area contributed by atoms with Gasteiger partial charge in [-0.25, -0.2) is 0 Å². The highest BCUT2D eigenvalue weighted by Gasteiger charge is 2.31. The normalized spacial score (nSPS) is 26.1. The van der Waals surface area contributed by atoms with Crippen LogP contribution in [0.3, 0.4) is 0 Å². The van der Waals surface area contributed by atoms with Gasteiger partial charge in [-0.1, -0.05) is 31.4 Å². The van der Waals surface area contributed by atoms with E-state index in [2.05, 4.69) is 10.2 Å². The van der Waals surface area contributed by atoms with Crippen LogP contribution in [0.1, 0.15) is 32.1 Å². The molecule has 3 rings (SSSR count). The van der Waals surface area contributed by atoms with Crippen molar-refractivity contribution in [1.82, 2.24) is 4.90 Å². The molecule has 1 amide bonds. The van der Waals surface area contributed by atoms with Gasteiger partial charge < -0.3 is 11.1 Å². The summed E-state index contributed by atoms with van der Waals surface area (Å²) in [6.07, 6.45) is 6.75. The van der Waals surface area contributed by atoms with E-state index in [4.69, 9.17) is 5.73 Å². The van der Waals surface area contributed by atoms with Crippen molar-refractivity contribution in [2.75, 3.05) is 30.7 Å². The summed E-state index contributed by atoms with van der Waals surface area (Å²) in [7, 11) is 0. The third-order valence-corrected chi connectivity index (χ3v) is 4.98. The number of benzene rings is 1. The van der Waals surface area contributed by atoms with Crippen molar-refractivity contribution in [2.24, 2.45) is 11.8 Å². The number of para-hydroxylation sites is 2. The average molecular weight is 287 g/mol. The number of nitrogen functional groups attached to an aromatic ring is 1. The van der Waals surface area contributed by atoms with E-state index in [-0.39, 0.29) is 5.91 Å². The van der Waals surface area contributed by atoms with Crippen LogP contribution in [0.4, 0.5) is 11.4 Å². The number of hydrogen-bond donors (Lipinski definition) is 2. The molecular weight excluding hydrogens is 262 g/mol. The summed E-state index contributed by atoms with van der Waals surface area (Å²) < 4.78 is 0. The van der Waals surface area contributed by atoms with Crippen LogP contribution >= 0.6 is 0 Å². The molecule has 1 aromatic carbocycles. The molecule has 3 N–H and O–H groups in total. The number of nitrogens with two attached hydrogens (primary N) is 1. The van der Waals surface area contributed by atoms with Crippen LogP contribution in [0.2, 0.25) is 0 Å². The number of nitrogens with zero attached hydrogens (tertiary/aromatic N) is 1. The van der Waals surface area contributed by atoms with Gasteiger partial charge in [0.25, 0.3) is 0 Å². The molecule has 0 bridgehead atoms. The number of piperidine rings is 1. The second-order valence-corrected chi connectivity index (χ2v) is 6.46. The van der Waals surface area contributed by atoms with Gasteiger partial charge in [-0.3, -0.25) is 9.69 Å². The average Bonchev–Trinajstić information content (AvgIpc) is 2.49. The Balaban J connectivity index is 1.52. The number of carbonyl (C=O) groups excluding carboxylic acids is 1. The van der Waals surface area contributed by atoms with E-state index in [9.17, 15) is 4.79 Å². The number of amides is 1. The van der Waals surface area contributed by atoms with Crippen LogP contribution in [-0.2, 0) is 4.79 Å².